The van der Waals surface area contributed by atoms with Crippen molar-refractivity contribution in [2.24, 2.45) is 23.7 Å². The number of carbonyl (C=O) groups is 1. The van der Waals surface area contributed by atoms with Crippen LogP contribution in [0.2, 0.25) is 0 Å². The molecular formula is C43H74O9P8. The fraction of sp³-hybridized carbons (Fsp3) is 0.837. The van der Waals surface area contributed by atoms with E-state index in [1.165, 1.54) is 18.2 Å². The van der Waals surface area contributed by atoms with Crippen LogP contribution in [0.25, 0.3) is 0 Å². The monoisotopic (exact) mass is 982 g/mol. The molecule has 0 aromatic carbocycles. The highest BCUT2D eigenvalue weighted by molar-refractivity contribution is 8.41. The molecule has 17 heteroatoms. The van der Waals surface area contributed by atoms with Gasteiger partial charge in [-0.15, -0.1) is 17.2 Å². The number of hydrogen-bond donors (Lipinski definition) is 0. The zero-order valence-electron chi connectivity index (χ0n) is 36.1. The van der Waals surface area contributed by atoms with Crippen LogP contribution in [0.3, 0.4) is 0 Å². The van der Waals surface area contributed by atoms with Crippen molar-refractivity contribution in [2.45, 2.75) is 196 Å². The van der Waals surface area contributed by atoms with Gasteiger partial charge >= 0.3 is 0 Å². The molecule has 8 bridgehead atoms. The molecule has 0 aromatic rings. The number of hydrogen-bond acceptors (Lipinski definition) is 9. The lowest BCUT2D eigenvalue weighted by molar-refractivity contribution is -0.251. The maximum Gasteiger partial charge on any atom is 0.135 e. The summed E-state index contributed by atoms with van der Waals surface area (Å²) in [6.45, 7) is 20.5. The minimum atomic E-state index is -0.901. The fourth-order valence-corrected chi connectivity index (χ4v) is 15.1. The Balaban J connectivity index is 1.14. The molecule has 340 valence electrons. The van der Waals surface area contributed by atoms with Gasteiger partial charge in [-0.3, -0.25) is 4.79 Å². The molecule has 60 heavy (non-hydrogen) atoms. The van der Waals surface area contributed by atoms with Crippen LogP contribution in [-0.4, -0.2) is 97.4 Å². The van der Waals surface area contributed by atoms with Crippen molar-refractivity contribution in [3.63, 3.8) is 0 Å². The van der Waals surface area contributed by atoms with Crippen molar-refractivity contribution < 1.29 is 42.3 Å². The van der Waals surface area contributed by atoms with Gasteiger partial charge < -0.3 is 37.5 Å². The predicted molar refractivity (Wildman–Crippen MR) is 265 cm³/mol. The zero-order chi connectivity index (χ0) is 42.8. The molecule has 0 radical (unpaired) electrons. The van der Waals surface area contributed by atoms with Crippen LogP contribution in [0.1, 0.15) is 111 Å². The van der Waals surface area contributed by atoms with E-state index in [2.05, 4.69) is 85.2 Å². The van der Waals surface area contributed by atoms with Gasteiger partial charge in [-0.2, -0.15) is 0 Å². The average Bonchev–Trinajstić information content (AvgIpc) is 3.81. The molecule has 24 atom stereocenters. The van der Waals surface area contributed by atoms with Crippen molar-refractivity contribution in [1.82, 2.24) is 0 Å². The summed E-state index contributed by atoms with van der Waals surface area (Å²) in [7, 11) is 13.2. The molecule has 0 aliphatic carbocycles. The lowest BCUT2D eigenvalue weighted by Crippen LogP contribution is -2.61. The Kier molecular flexibility index (Phi) is 19.0. The minimum Gasteiger partial charge on any atom is -0.374 e. The van der Waals surface area contributed by atoms with Gasteiger partial charge in [-0.1, -0.05) is 81.8 Å². The van der Waals surface area contributed by atoms with Gasteiger partial charge in [-0.05, 0) is 112 Å². The fourth-order valence-electron chi connectivity index (χ4n) is 11.2. The van der Waals surface area contributed by atoms with Crippen molar-refractivity contribution in [2.75, 3.05) is 6.16 Å². The van der Waals surface area contributed by atoms with Gasteiger partial charge in [0.1, 0.15) is 36.3 Å². The van der Waals surface area contributed by atoms with E-state index in [0.29, 0.717) is 31.1 Å². The first-order chi connectivity index (χ1) is 28.7. The molecule has 0 saturated carbocycles. The molecule has 0 N–H and O–H groups in total. The minimum absolute atomic E-state index is 0.0326. The molecule has 7 aliphatic rings. The highest BCUT2D eigenvalue weighted by Gasteiger charge is 2.59. The van der Waals surface area contributed by atoms with Crippen LogP contribution in [0.4, 0.5) is 0 Å². The summed E-state index contributed by atoms with van der Waals surface area (Å²) in [4.78, 5) is 14.3. The highest BCUT2D eigenvalue weighted by Crippen LogP contribution is 2.60. The quantitative estimate of drug-likeness (QED) is 0.165. The Morgan fingerprint density at radius 1 is 0.733 bits per heavy atom. The number of ketones is 1. The normalized spacial score (nSPS) is 43.9. The summed E-state index contributed by atoms with van der Waals surface area (Å²) in [5.41, 5.74) is 3.45. The summed E-state index contributed by atoms with van der Waals surface area (Å²) in [6, 6.07) is 0. The topological polar surface area (TPSA) is 90.9 Å². The van der Waals surface area contributed by atoms with Gasteiger partial charge in [0.25, 0.3) is 0 Å². The SMILES string of the molecule is C=C1CC[C@H]2CC(=C)C(CC[C@H]3C[C@@H](C)C(=C)[C@@H](CC4O[C@H](C[C@H](C)CCPP)[C@H](C)C4CC(=O)C[C@H]4CC[C@@H]5O[C@@H]6[C@@H](O[C@H](C1)[C@@H]6OP(P)P)[C@@H](OP(P)P)[C@H]5O4)O3)O2. The molecule has 7 saturated heterocycles. The van der Waals surface area contributed by atoms with E-state index in [9.17, 15) is 4.79 Å². The van der Waals surface area contributed by atoms with Gasteiger partial charge in [0, 0.05) is 19.3 Å². The molecule has 0 spiro atoms. The summed E-state index contributed by atoms with van der Waals surface area (Å²) < 4.78 is 54.8. The van der Waals surface area contributed by atoms with Crippen LogP contribution in [0.5, 0.6) is 0 Å². The van der Waals surface area contributed by atoms with Gasteiger partial charge in [0.05, 0.1) is 70.0 Å². The lowest BCUT2D eigenvalue weighted by atomic mass is 9.78. The third-order valence-corrected chi connectivity index (χ3v) is 18.4. The highest BCUT2D eigenvalue weighted by atomic mass is 32.4. The molecule has 7 aliphatic heterocycles. The van der Waals surface area contributed by atoms with Crippen molar-refractivity contribution in [3.05, 3.63) is 36.5 Å². The largest absolute Gasteiger partial charge is 0.374 e. The van der Waals surface area contributed by atoms with E-state index >= 15 is 0 Å². The van der Waals surface area contributed by atoms with Crippen LogP contribution in [0, 0.1) is 23.7 Å². The van der Waals surface area contributed by atoms with Crippen molar-refractivity contribution in [3.8, 4) is 0 Å². The summed E-state index contributed by atoms with van der Waals surface area (Å²) >= 11 is 0. The third kappa shape index (κ3) is 12.6. The number of Topliss-reactive ketones (excluding diaryl/α,β-unsaturated/α-hetero) is 1. The first-order valence-electron chi connectivity index (χ1n) is 22.5. The predicted octanol–water partition coefficient (Wildman–Crippen LogP) is 11.0. The summed E-state index contributed by atoms with van der Waals surface area (Å²) in [6.07, 6.45) is 10.5. The van der Waals surface area contributed by atoms with Crippen molar-refractivity contribution in [1.29, 1.82) is 0 Å². The van der Waals surface area contributed by atoms with Crippen molar-refractivity contribution >= 4 is 73.7 Å². The number of rotatable bonds is 9. The van der Waals surface area contributed by atoms with Crippen LogP contribution >= 0.6 is 68.0 Å². The molecule has 7 rings (SSSR count). The smallest absolute Gasteiger partial charge is 0.135 e. The Labute approximate surface area is 376 Å². The number of fused-ring (bicyclic) bond motifs is 7. The standard InChI is InChI=1S/C43H74O9P8/c1-22-7-8-29-18-25(4)33(45-29)11-9-30-17-24(3)26(5)36(46-30)21-37-32(27(6)35(48-37)15-23(2)13-14-58-53)20-28(44)19-31-10-12-34-39(47-31)43(52-60(56)57)42-41(49-34)40(51-59(54)55)38(16-22)50-42/h23-24,27,29-43,58H,1,4-5,7-21,53-57H2,2-3,6H3/t23-,24-,27-,29+,30+,31-,32?,33?,34+,35-,36-,37?,38-,39+,40+,41+,42-,43+/m1/s1. The number of carbonyl (C=O) groups excluding carboxylic acids is 1. The molecule has 0 aromatic heterocycles. The molecule has 9 nitrogen and oxygen atoms in total. The van der Waals surface area contributed by atoms with E-state index < -0.39 is 15.1 Å². The van der Waals surface area contributed by atoms with Gasteiger partial charge in [0.2, 0.25) is 0 Å². The molecular weight excluding hydrogens is 908 g/mol. The zero-order valence-corrected chi connectivity index (χ0v) is 44.6. The van der Waals surface area contributed by atoms with Crippen LogP contribution in [0.15, 0.2) is 36.5 Å². The Morgan fingerprint density at radius 3 is 2.17 bits per heavy atom. The van der Waals surface area contributed by atoms with E-state index in [0.717, 1.165) is 83.6 Å². The van der Waals surface area contributed by atoms with E-state index in [1.54, 1.807) is 0 Å². The molecule has 7 fully saturated rings. The van der Waals surface area contributed by atoms with E-state index in [4.69, 9.17) is 37.5 Å². The lowest BCUT2D eigenvalue weighted by Gasteiger charge is -2.48. The summed E-state index contributed by atoms with van der Waals surface area (Å²) in [5.74, 6) is 1.51. The Hall–Kier alpha value is 2.01. The first-order valence-corrected chi connectivity index (χ1v) is 34.5. The maximum absolute atomic E-state index is 14.3. The van der Waals surface area contributed by atoms with Crippen LogP contribution in [-0.2, 0) is 42.3 Å². The Bertz CT molecular complexity index is 1510. The molecule has 7 heterocycles. The van der Waals surface area contributed by atoms with E-state index in [-0.39, 0.29) is 103 Å². The Morgan fingerprint density at radius 2 is 1.42 bits per heavy atom. The second kappa shape index (κ2) is 22.9. The summed E-state index contributed by atoms with van der Waals surface area (Å²) in [5, 5.41) is 0. The van der Waals surface area contributed by atoms with Gasteiger partial charge in [-0.25, -0.2) is 0 Å². The molecule has 0 amide bonds. The second-order valence-electron chi connectivity index (χ2n) is 19.1. The van der Waals surface area contributed by atoms with Crippen LogP contribution < -0.4 is 0 Å². The third-order valence-electron chi connectivity index (χ3n) is 14.6. The maximum atomic E-state index is 14.3. The second-order valence-corrected chi connectivity index (χ2v) is 32.8. The van der Waals surface area contributed by atoms with Gasteiger partial charge in [0.15, 0.2) is 0 Å². The van der Waals surface area contributed by atoms with E-state index in [1.807, 2.05) is 0 Å². The first kappa shape index (κ1) is 49.9. The average molecular weight is 983 g/mol. The molecule has 9 unspecified atom stereocenters. The number of ether oxygens (including phenoxy) is 6.